The summed E-state index contributed by atoms with van der Waals surface area (Å²) in [6.45, 7) is 8.15. The van der Waals surface area contributed by atoms with Gasteiger partial charge in [-0.2, -0.15) is 0 Å². The Labute approximate surface area is 241 Å². The van der Waals surface area contributed by atoms with Crippen molar-refractivity contribution in [2.24, 2.45) is 0 Å². The highest BCUT2D eigenvalue weighted by Crippen LogP contribution is 2.40. The van der Waals surface area contributed by atoms with Crippen LogP contribution in [0.4, 0.5) is 4.79 Å². The van der Waals surface area contributed by atoms with Crippen LogP contribution in [0, 0.1) is 0 Å². The molecular weight excluding hydrogens is 522 g/mol. The Balaban J connectivity index is 1.47. The van der Waals surface area contributed by atoms with Crippen molar-refractivity contribution in [1.29, 1.82) is 0 Å². The van der Waals surface area contributed by atoms with E-state index in [0.717, 1.165) is 16.7 Å². The number of fused-ring (bicyclic) bond motifs is 1. The summed E-state index contributed by atoms with van der Waals surface area (Å²) in [6.07, 6.45) is -3.85. The number of hydrogen-bond donors (Lipinski definition) is 1. The minimum absolute atomic E-state index is 0.267. The molecule has 218 valence electrons. The molecule has 2 fully saturated rings. The lowest BCUT2D eigenvalue weighted by Gasteiger charge is -2.54. The van der Waals surface area contributed by atoms with Crippen LogP contribution in [-0.2, 0) is 41.6 Å². The molecule has 2 aliphatic rings. The third-order valence-corrected chi connectivity index (χ3v) is 7.10. The van der Waals surface area contributed by atoms with Crippen LogP contribution >= 0.6 is 0 Å². The normalized spacial score (nSPS) is 28.0. The maximum Gasteiger partial charge on any atom is 0.408 e. The van der Waals surface area contributed by atoms with Gasteiger partial charge in [0.15, 0.2) is 12.6 Å². The molecule has 0 spiro atoms. The fourth-order valence-electron chi connectivity index (χ4n) is 5.13. The quantitative estimate of drug-likeness (QED) is 0.366. The second-order valence-electron chi connectivity index (χ2n) is 11.6. The molecule has 8 heteroatoms. The Kier molecular flexibility index (Phi) is 9.06. The Morgan fingerprint density at radius 2 is 1.41 bits per heavy atom. The second kappa shape index (κ2) is 12.7. The van der Waals surface area contributed by atoms with E-state index < -0.39 is 48.1 Å². The van der Waals surface area contributed by atoms with E-state index >= 15 is 0 Å². The number of nitrogens with one attached hydrogen (secondary N) is 1. The molecule has 1 unspecified atom stereocenters. The molecule has 3 aromatic carbocycles. The van der Waals surface area contributed by atoms with E-state index in [1.807, 2.05) is 119 Å². The summed E-state index contributed by atoms with van der Waals surface area (Å²) in [4.78, 5) is 13.3. The van der Waals surface area contributed by atoms with Gasteiger partial charge in [-0.3, -0.25) is 0 Å². The summed E-state index contributed by atoms with van der Waals surface area (Å²) in [7, 11) is 0. The highest BCUT2D eigenvalue weighted by Gasteiger charge is 2.59. The second-order valence-corrected chi connectivity index (χ2v) is 11.6. The average molecular weight is 562 g/mol. The average Bonchev–Trinajstić information content (AvgIpc) is 2.96. The molecule has 0 aromatic heterocycles. The minimum Gasteiger partial charge on any atom is -0.444 e. The van der Waals surface area contributed by atoms with Gasteiger partial charge in [-0.05, 0) is 38.8 Å². The van der Waals surface area contributed by atoms with Crippen LogP contribution in [-0.4, -0.2) is 48.4 Å². The van der Waals surface area contributed by atoms with Gasteiger partial charge in [-0.15, -0.1) is 0 Å². The SMILES string of the molecule is CC(C)(C)OC(=O)N[C@@]1(C)[C@@H](OCc2ccccc2)O[C@@H]2COC(c3ccccc3)O[C@H]2[C@@H]1OCc1ccccc1. The van der Waals surface area contributed by atoms with Gasteiger partial charge in [0.05, 0.1) is 19.8 Å². The van der Waals surface area contributed by atoms with E-state index in [0.29, 0.717) is 6.61 Å². The molecular formula is C33H39NO7. The number of rotatable bonds is 8. The van der Waals surface area contributed by atoms with E-state index in [1.165, 1.54) is 0 Å². The summed E-state index contributed by atoms with van der Waals surface area (Å²) < 4.78 is 37.8. The lowest BCUT2D eigenvalue weighted by atomic mass is 9.84. The molecule has 1 N–H and O–H groups in total. The molecule has 41 heavy (non-hydrogen) atoms. The van der Waals surface area contributed by atoms with Crippen LogP contribution in [0.3, 0.4) is 0 Å². The molecule has 2 heterocycles. The molecule has 0 aliphatic carbocycles. The van der Waals surface area contributed by atoms with E-state index in [9.17, 15) is 4.79 Å². The topological polar surface area (TPSA) is 84.5 Å². The smallest absolute Gasteiger partial charge is 0.408 e. The van der Waals surface area contributed by atoms with Crippen LogP contribution in [0.2, 0.25) is 0 Å². The fraction of sp³-hybridized carbons (Fsp3) is 0.424. The van der Waals surface area contributed by atoms with Gasteiger partial charge in [0.25, 0.3) is 0 Å². The van der Waals surface area contributed by atoms with Crippen LogP contribution in [0.1, 0.15) is 50.7 Å². The standard InChI is InChI=1S/C33H39NO7/c1-32(2,3)41-31(35)34-33(4)28(36-20-23-14-8-5-9-15-23)27-26(22-37-29(40-27)25-18-12-7-13-19-25)39-30(33)38-21-24-16-10-6-11-17-24/h5-19,26-30H,20-22H2,1-4H3,(H,34,35)/t26-,27-,28+,29?,30+,33-/m1/s1. The summed E-state index contributed by atoms with van der Waals surface area (Å²) in [6, 6.07) is 29.4. The molecule has 0 radical (unpaired) electrons. The van der Waals surface area contributed by atoms with Crippen LogP contribution in [0.5, 0.6) is 0 Å². The number of benzene rings is 3. The van der Waals surface area contributed by atoms with Crippen molar-refractivity contribution < 1.29 is 33.2 Å². The molecule has 2 saturated heterocycles. The van der Waals surface area contributed by atoms with Crippen molar-refractivity contribution in [3.8, 4) is 0 Å². The zero-order chi connectivity index (χ0) is 28.9. The summed E-state index contributed by atoms with van der Waals surface area (Å²) in [5, 5.41) is 3.06. The number of carbonyl (C=O) groups excluding carboxylic acids is 1. The van der Waals surface area contributed by atoms with E-state index in [-0.39, 0.29) is 13.2 Å². The molecule has 2 aliphatic heterocycles. The molecule has 6 atom stereocenters. The van der Waals surface area contributed by atoms with Crippen LogP contribution in [0.25, 0.3) is 0 Å². The van der Waals surface area contributed by atoms with Crippen molar-refractivity contribution in [3.05, 3.63) is 108 Å². The minimum atomic E-state index is -1.19. The Morgan fingerprint density at radius 3 is 2.00 bits per heavy atom. The Bertz CT molecular complexity index is 1250. The largest absolute Gasteiger partial charge is 0.444 e. The molecule has 8 nitrogen and oxygen atoms in total. The first-order valence-corrected chi connectivity index (χ1v) is 14.0. The Hall–Kier alpha value is -3.27. The van der Waals surface area contributed by atoms with Crippen LogP contribution < -0.4 is 5.32 Å². The van der Waals surface area contributed by atoms with Crippen molar-refractivity contribution >= 4 is 6.09 Å². The molecule has 0 bridgehead atoms. The third-order valence-electron chi connectivity index (χ3n) is 7.10. The maximum atomic E-state index is 13.3. The summed E-state index contributed by atoms with van der Waals surface area (Å²) in [5.74, 6) is 0. The predicted octanol–water partition coefficient (Wildman–Crippen LogP) is 5.91. The third kappa shape index (κ3) is 7.33. The van der Waals surface area contributed by atoms with Crippen molar-refractivity contribution in [1.82, 2.24) is 5.32 Å². The van der Waals surface area contributed by atoms with E-state index in [1.54, 1.807) is 0 Å². The van der Waals surface area contributed by atoms with E-state index in [2.05, 4.69) is 5.32 Å². The number of amides is 1. The zero-order valence-electron chi connectivity index (χ0n) is 24.0. The molecule has 0 saturated carbocycles. The predicted molar refractivity (Wildman–Crippen MR) is 153 cm³/mol. The fourth-order valence-corrected chi connectivity index (χ4v) is 5.13. The lowest BCUT2D eigenvalue weighted by Crippen LogP contribution is -2.74. The first kappa shape index (κ1) is 29.2. The van der Waals surface area contributed by atoms with Crippen molar-refractivity contribution in [2.75, 3.05) is 6.61 Å². The highest BCUT2D eigenvalue weighted by atomic mass is 16.8. The van der Waals surface area contributed by atoms with Crippen molar-refractivity contribution in [2.45, 2.75) is 82.9 Å². The van der Waals surface area contributed by atoms with Gasteiger partial charge in [0.2, 0.25) is 0 Å². The van der Waals surface area contributed by atoms with E-state index in [4.69, 9.17) is 28.4 Å². The number of carbonyl (C=O) groups is 1. The zero-order valence-corrected chi connectivity index (χ0v) is 24.0. The first-order chi connectivity index (χ1) is 19.7. The monoisotopic (exact) mass is 561 g/mol. The summed E-state index contributed by atoms with van der Waals surface area (Å²) in [5.41, 5.74) is 0.957. The highest BCUT2D eigenvalue weighted by molar-refractivity contribution is 5.69. The number of alkyl carbamates (subject to hydrolysis) is 1. The maximum absolute atomic E-state index is 13.3. The van der Waals surface area contributed by atoms with Crippen LogP contribution in [0.15, 0.2) is 91.0 Å². The first-order valence-electron chi connectivity index (χ1n) is 14.0. The molecule has 5 rings (SSSR count). The van der Waals surface area contributed by atoms with Gasteiger partial charge >= 0.3 is 6.09 Å². The number of hydrogen-bond acceptors (Lipinski definition) is 7. The van der Waals surface area contributed by atoms with Gasteiger partial charge in [0.1, 0.15) is 29.5 Å². The van der Waals surface area contributed by atoms with Gasteiger partial charge in [-0.1, -0.05) is 91.0 Å². The molecule has 1 amide bonds. The van der Waals surface area contributed by atoms with Crippen molar-refractivity contribution in [3.63, 3.8) is 0 Å². The Morgan fingerprint density at radius 1 is 0.854 bits per heavy atom. The lowest BCUT2D eigenvalue weighted by molar-refractivity contribution is -0.365. The van der Waals surface area contributed by atoms with Gasteiger partial charge in [-0.25, -0.2) is 4.79 Å². The molecule has 3 aromatic rings. The summed E-state index contributed by atoms with van der Waals surface area (Å²) >= 11 is 0. The van der Waals surface area contributed by atoms with Gasteiger partial charge in [0, 0.05) is 5.56 Å². The number of ether oxygens (including phenoxy) is 6. The van der Waals surface area contributed by atoms with Gasteiger partial charge < -0.3 is 33.7 Å².